The second-order valence-corrected chi connectivity index (χ2v) is 4.53. The largest absolute Gasteiger partial charge is 0.417 e. The lowest BCUT2D eigenvalue weighted by Crippen LogP contribution is -2.24. The Morgan fingerprint density at radius 3 is 2.71 bits per heavy atom. The van der Waals surface area contributed by atoms with Crippen molar-refractivity contribution in [2.24, 2.45) is 7.05 Å². The van der Waals surface area contributed by atoms with E-state index < -0.39 is 17.6 Å². The summed E-state index contributed by atoms with van der Waals surface area (Å²) in [5.41, 5.74) is -0.805. The minimum Gasteiger partial charge on any atom is -0.345 e. The van der Waals surface area contributed by atoms with Crippen LogP contribution in [0.4, 0.5) is 13.2 Å². The quantitative estimate of drug-likeness (QED) is 0.936. The molecule has 1 N–H and O–H groups in total. The molecule has 0 aliphatic rings. The fraction of sp³-hybridized carbons (Fsp3) is 0.273. The van der Waals surface area contributed by atoms with Crippen molar-refractivity contribution in [1.82, 2.24) is 25.3 Å². The van der Waals surface area contributed by atoms with Crippen LogP contribution in [-0.2, 0) is 19.8 Å². The minimum absolute atomic E-state index is 0.0612. The Hall–Kier alpha value is -2.16. The van der Waals surface area contributed by atoms with Gasteiger partial charge in [-0.1, -0.05) is 16.8 Å². The van der Waals surface area contributed by atoms with Crippen LogP contribution in [0.5, 0.6) is 0 Å². The van der Waals surface area contributed by atoms with Gasteiger partial charge in [-0.3, -0.25) is 9.48 Å². The molecular formula is C11H9ClF3N5O. The average Bonchev–Trinajstić information content (AvgIpc) is 2.80. The monoisotopic (exact) mass is 319 g/mol. The summed E-state index contributed by atoms with van der Waals surface area (Å²) in [6.45, 7) is 0.0612. The fourth-order valence-electron chi connectivity index (χ4n) is 1.49. The second kappa shape index (κ2) is 5.68. The topological polar surface area (TPSA) is 72.7 Å². The van der Waals surface area contributed by atoms with Crippen LogP contribution in [-0.4, -0.2) is 25.9 Å². The van der Waals surface area contributed by atoms with Gasteiger partial charge in [-0.2, -0.15) is 13.2 Å². The summed E-state index contributed by atoms with van der Waals surface area (Å²) in [7, 11) is 1.66. The average molecular weight is 320 g/mol. The van der Waals surface area contributed by atoms with Crippen molar-refractivity contribution in [3.8, 4) is 0 Å². The summed E-state index contributed by atoms with van der Waals surface area (Å²) in [4.78, 5) is 15.3. The molecule has 0 aliphatic carbocycles. The summed E-state index contributed by atoms with van der Waals surface area (Å²) in [5.74, 6) is -0.695. The van der Waals surface area contributed by atoms with Crippen molar-refractivity contribution in [3.05, 3.63) is 40.4 Å². The molecule has 0 atom stereocenters. The van der Waals surface area contributed by atoms with Crippen molar-refractivity contribution in [1.29, 1.82) is 0 Å². The van der Waals surface area contributed by atoms with Gasteiger partial charge < -0.3 is 5.32 Å². The van der Waals surface area contributed by atoms with Crippen LogP contribution in [0.1, 0.15) is 21.7 Å². The molecule has 2 heterocycles. The third-order valence-electron chi connectivity index (χ3n) is 2.46. The summed E-state index contributed by atoms with van der Waals surface area (Å²) < 4.78 is 38.8. The van der Waals surface area contributed by atoms with Gasteiger partial charge in [0.05, 0.1) is 17.1 Å². The highest BCUT2D eigenvalue weighted by Crippen LogP contribution is 2.30. The van der Waals surface area contributed by atoms with Gasteiger partial charge in [-0.15, -0.1) is 5.10 Å². The normalized spacial score (nSPS) is 11.5. The molecule has 0 radical (unpaired) electrons. The Labute approximate surface area is 121 Å². The van der Waals surface area contributed by atoms with Crippen molar-refractivity contribution in [3.63, 3.8) is 0 Å². The van der Waals surface area contributed by atoms with Crippen LogP contribution < -0.4 is 5.32 Å². The van der Waals surface area contributed by atoms with E-state index in [1.54, 1.807) is 13.2 Å². The van der Waals surface area contributed by atoms with E-state index in [4.69, 9.17) is 11.6 Å². The Kier molecular flexibility index (Phi) is 4.12. The van der Waals surface area contributed by atoms with Crippen LogP contribution in [0.15, 0.2) is 18.5 Å². The molecule has 10 heteroatoms. The van der Waals surface area contributed by atoms with E-state index in [2.05, 4.69) is 20.6 Å². The van der Waals surface area contributed by atoms with Gasteiger partial charge in [-0.05, 0) is 6.07 Å². The van der Waals surface area contributed by atoms with Gasteiger partial charge >= 0.3 is 6.18 Å². The zero-order chi connectivity index (χ0) is 15.6. The lowest BCUT2D eigenvalue weighted by molar-refractivity contribution is -0.137. The maximum Gasteiger partial charge on any atom is 0.417 e. The third kappa shape index (κ3) is 3.69. The summed E-state index contributed by atoms with van der Waals surface area (Å²) in [5, 5.41) is 9.49. The molecule has 6 nitrogen and oxygen atoms in total. The summed E-state index contributed by atoms with van der Waals surface area (Å²) in [6.07, 6.45) is -2.42. The zero-order valence-electron chi connectivity index (χ0n) is 10.6. The molecule has 2 aromatic heterocycles. The number of aryl methyl sites for hydroxylation is 1. The van der Waals surface area contributed by atoms with Gasteiger partial charge in [-0.25, -0.2) is 4.98 Å². The fourth-order valence-corrected chi connectivity index (χ4v) is 1.74. The molecular weight excluding hydrogens is 311 g/mol. The maximum absolute atomic E-state index is 12.5. The number of hydrogen-bond acceptors (Lipinski definition) is 4. The van der Waals surface area contributed by atoms with E-state index in [-0.39, 0.29) is 17.3 Å². The van der Waals surface area contributed by atoms with Gasteiger partial charge in [0.1, 0.15) is 11.4 Å². The van der Waals surface area contributed by atoms with Crippen LogP contribution >= 0.6 is 11.6 Å². The molecule has 0 saturated heterocycles. The van der Waals surface area contributed by atoms with Crippen LogP contribution in [0, 0.1) is 0 Å². The molecule has 0 fully saturated rings. The number of halogens is 4. The van der Waals surface area contributed by atoms with E-state index in [0.717, 1.165) is 0 Å². The predicted octanol–water partition coefficient (Wildman–Crippen LogP) is 1.81. The number of alkyl halides is 3. The first-order valence-corrected chi connectivity index (χ1v) is 6.01. The van der Waals surface area contributed by atoms with E-state index in [9.17, 15) is 18.0 Å². The molecule has 0 aliphatic heterocycles. The van der Waals surface area contributed by atoms with E-state index in [1.807, 2.05) is 0 Å². The van der Waals surface area contributed by atoms with E-state index in [0.29, 0.717) is 18.0 Å². The van der Waals surface area contributed by atoms with Gasteiger partial charge in [0.25, 0.3) is 5.91 Å². The standard InChI is InChI=1S/C11H9ClF3N5O/c1-20-5-7(18-19-20)4-17-10(21)9-8(12)2-6(3-16-9)11(13,14)15/h2-3,5H,4H2,1H3,(H,17,21). The molecule has 0 spiro atoms. The molecule has 1 amide bonds. The maximum atomic E-state index is 12.5. The number of nitrogens with zero attached hydrogens (tertiary/aromatic N) is 4. The second-order valence-electron chi connectivity index (χ2n) is 4.12. The first-order chi connectivity index (χ1) is 9.77. The van der Waals surface area contributed by atoms with Crippen LogP contribution in [0.3, 0.4) is 0 Å². The highest BCUT2D eigenvalue weighted by Gasteiger charge is 2.32. The molecule has 2 rings (SSSR count). The lowest BCUT2D eigenvalue weighted by Gasteiger charge is -2.09. The minimum atomic E-state index is -4.56. The Bertz CT molecular complexity index is 670. The molecule has 0 saturated carbocycles. The van der Waals surface area contributed by atoms with Gasteiger partial charge in [0.2, 0.25) is 0 Å². The van der Waals surface area contributed by atoms with E-state index in [1.165, 1.54) is 4.68 Å². The summed E-state index contributed by atoms with van der Waals surface area (Å²) in [6, 6.07) is 0.659. The molecule has 0 bridgehead atoms. The number of hydrogen-bond donors (Lipinski definition) is 1. The number of nitrogens with one attached hydrogen (secondary N) is 1. The zero-order valence-corrected chi connectivity index (χ0v) is 11.4. The van der Waals surface area contributed by atoms with Crippen molar-refractivity contribution in [2.45, 2.75) is 12.7 Å². The number of rotatable bonds is 3. The predicted molar refractivity (Wildman–Crippen MR) is 66.4 cm³/mol. The number of aromatic nitrogens is 4. The van der Waals surface area contributed by atoms with E-state index >= 15 is 0 Å². The number of amides is 1. The number of pyridine rings is 1. The lowest BCUT2D eigenvalue weighted by atomic mass is 10.2. The van der Waals surface area contributed by atoms with Crippen molar-refractivity contribution < 1.29 is 18.0 Å². The first kappa shape index (κ1) is 15.2. The Morgan fingerprint density at radius 1 is 1.48 bits per heavy atom. The van der Waals surface area contributed by atoms with Crippen LogP contribution in [0.2, 0.25) is 5.02 Å². The third-order valence-corrected chi connectivity index (χ3v) is 2.75. The molecule has 0 aromatic carbocycles. The van der Waals surface area contributed by atoms with Crippen LogP contribution in [0.25, 0.3) is 0 Å². The number of carbonyl (C=O) groups is 1. The molecule has 0 unspecified atom stereocenters. The van der Waals surface area contributed by atoms with Gasteiger partial charge in [0.15, 0.2) is 0 Å². The first-order valence-electron chi connectivity index (χ1n) is 5.63. The SMILES string of the molecule is Cn1cc(CNC(=O)c2ncc(C(F)(F)F)cc2Cl)nn1. The molecule has 2 aromatic rings. The molecule has 21 heavy (non-hydrogen) atoms. The molecule has 112 valence electrons. The highest BCUT2D eigenvalue weighted by atomic mass is 35.5. The highest BCUT2D eigenvalue weighted by molar-refractivity contribution is 6.33. The number of carbonyl (C=O) groups excluding carboxylic acids is 1. The smallest absolute Gasteiger partial charge is 0.345 e. The van der Waals surface area contributed by atoms with Crippen molar-refractivity contribution in [2.75, 3.05) is 0 Å². The van der Waals surface area contributed by atoms with Gasteiger partial charge in [0, 0.05) is 19.4 Å². The Balaban J connectivity index is 2.09. The Morgan fingerprint density at radius 2 is 2.19 bits per heavy atom. The summed E-state index contributed by atoms with van der Waals surface area (Å²) >= 11 is 5.66. The van der Waals surface area contributed by atoms with Crippen molar-refractivity contribution >= 4 is 17.5 Å².